The largest absolute Gasteiger partial charge is 0.465 e. The summed E-state index contributed by atoms with van der Waals surface area (Å²) in [7, 11) is -3.01. The van der Waals surface area contributed by atoms with Crippen LogP contribution in [0.1, 0.15) is 24.8 Å². The molecule has 0 heterocycles. The Labute approximate surface area is 113 Å². The summed E-state index contributed by atoms with van der Waals surface area (Å²) in [6.45, 7) is 1.84. The lowest BCUT2D eigenvalue weighted by Crippen LogP contribution is -2.15. The summed E-state index contributed by atoms with van der Waals surface area (Å²) < 4.78 is 26.9. The molecule has 5 nitrogen and oxygen atoms in total. The third-order valence-electron chi connectivity index (χ3n) is 2.67. The Hall–Kier alpha value is -1.56. The second-order valence-corrected chi connectivity index (χ2v) is 6.80. The van der Waals surface area contributed by atoms with E-state index in [1.165, 1.54) is 0 Å². The van der Waals surface area contributed by atoms with Gasteiger partial charge in [0.05, 0.1) is 18.3 Å². The molecule has 1 unspecified atom stereocenters. The summed E-state index contributed by atoms with van der Waals surface area (Å²) in [5, 5.41) is 0. The van der Waals surface area contributed by atoms with Crippen molar-refractivity contribution in [2.24, 2.45) is 0 Å². The van der Waals surface area contributed by atoms with Crippen molar-refractivity contribution in [3.8, 4) is 0 Å². The zero-order valence-corrected chi connectivity index (χ0v) is 11.9. The molecule has 0 amide bonds. The Morgan fingerprint density at radius 1 is 1.42 bits per heavy atom. The van der Waals surface area contributed by atoms with E-state index >= 15 is 0 Å². The molecule has 0 saturated heterocycles. The molecule has 2 N–H and O–H groups in total. The van der Waals surface area contributed by atoms with Crippen molar-refractivity contribution < 1.29 is 17.9 Å². The van der Waals surface area contributed by atoms with E-state index in [0.29, 0.717) is 12.1 Å². The van der Waals surface area contributed by atoms with Gasteiger partial charge in [-0.1, -0.05) is 12.1 Å². The van der Waals surface area contributed by atoms with E-state index in [4.69, 9.17) is 10.5 Å². The number of anilines is 1. The zero-order chi connectivity index (χ0) is 14.5. The molecule has 6 heteroatoms. The van der Waals surface area contributed by atoms with Crippen LogP contribution in [0.3, 0.4) is 0 Å². The molecule has 1 atom stereocenters. The van der Waals surface area contributed by atoms with Crippen molar-refractivity contribution in [1.82, 2.24) is 0 Å². The molecule has 0 saturated carbocycles. The van der Waals surface area contributed by atoms with Crippen LogP contribution in [0, 0.1) is 0 Å². The summed E-state index contributed by atoms with van der Waals surface area (Å²) in [6, 6.07) is 7.05. The van der Waals surface area contributed by atoms with E-state index in [0.717, 1.165) is 11.8 Å². The Kier molecular flexibility index (Phi) is 5.35. The van der Waals surface area contributed by atoms with Crippen LogP contribution in [-0.2, 0) is 19.4 Å². The number of hydrogen-bond acceptors (Lipinski definition) is 5. The van der Waals surface area contributed by atoms with Crippen molar-refractivity contribution in [3.63, 3.8) is 0 Å². The fourth-order valence-electron chi connectivity index (χ4n) is 1.58. The van der Waals surface area contributed by atoms with Gasteiger partial charge in [-0.3, -0.25) is 4.79 Å². The third kappa shape index (κ3) is 5.74. The van der Waals surface area contributed by atoms with Crippen LogP contribution in [0.2, 0.25) is 0 Å². The predicted molar refractivity (Wildman–Crippen MR) is 74.6 cm³/mol. The number of nitrogens with two attached hydrogens (primary N) is 1. The molecule has 0 aliphatic heterocycles. The second-order valence-electron chi connectivity index (χ2n) is 4.54. The average Bonchev–Trinajstić information content (AvgIpc) is 2.32. The number of esters is 1. The van der Waals surface area contributed by atoms with E-state index in [1.807, 2.05) is 0 Å². The van der Waals surface area contributed by atoms with Crippen LogP contribution in [0.4, 0.5) is 5.69 Å². The number of ether oxygens (including phenoxy) is 1. The molecule has 1 aromatic rings. The molecular formula is C13H19NO4S. The number of sulfone groups is 1. The standard InChI is InChI=1S/C13H19NO4S/c1-10(11-5-3-6-12(14)9-11)13(15)18-7-4-8-19(2,16)17/h3,5-6,9-10H,4,7-8,14H2,1-2H3. The Bertz CT molecular complexity index is 539. The molecule has 0 aliphatic rings. The minimum Gasteiger partial charge on any atom is -0.465 e. The van der Waals surface area contributed by atoms with Crippen LogP contribution in [-0.4, -0.2) is 33.0 Å². The summed E-state index contributed by atoms with van der Waals surface area (Å²) in [4.78, 5) is 11.8. The lowest BCUT2D eigenvalue weighted by atomic mass is 10.0. The van der Waals surface area contributed by atoms with Crippen LogP contribution >= 0.6 is 0 Å². The summed E-state index contributed by atoms with van der Waals surface area (Å²) >= 11 is 0. The van der Waals surface area contributed by atoms with E-state index in [2.05, 4.69) is 0 Å². The van der Waals surface area contributed by atoms with Crippen molar-refractivity contribution in [2.75, 3.05) is 24.3 Å². The fourth-order valence-corrected chi connectivity index (χ4v) is 2.23. The van der Waals surface area contributed by atoms with Gasteiger partial charge < -0.3 is 10.5 Å². The van der Waals surface area contributed by atoms with Crippen molar-refractivity contribution in [2.45, 2.75) is 19.3 Å². The summed E-state index contributed by atoms with van der Waals surface area (Å²) in [5.41, 5.74) is 7.02. The molecule has 0 aliphatic carbocycles. The molecular weight excluding hydrogens is 266 g/mol. The predicted octanol–water partition coefficient (Wildman–Crippen LogP) is 1.35. The molecule has 0 aromatic heterocycles. The van der Waals surface area contributed by atoms with E-state index in [-0.39, 0.29) is 18.3 Å². The molecule has 19 heavy (non-hydrogen) atoms. The van der Waals surface area contributed by atoms with Gasteiger partial charge in [0.2, 0.25) is 0 Å². The highest BCUT2D eigenvalue weighted by Gasteiger charge is 2.16. The number of carbonyl (C=O) groups is 1. The topological polar surface area (TPSA) is 86.5 Å². The van der Waals surface area contributed by atoms with Crippen LogP contribution in [0.5, 0.6) is 0 Å². The molecule has 1 aromatic carbocycles. The molecule has 0 radical (unpaired) electrons. The van der Waals surface area contributed by atoms with Crippen molar-refractivity contribution >= 4 is 21.5 Å². The Balaban J connectivity index is 2.45. The number of hydrogen-bond donors (Lipinski definition) is 1. The molecule has 0 fully saturated rings. The quantitative estimate of drug-likeness (QED) is 0.484. The van der Waals surface area contributed by atoms with Crippen molar-refractivity contribution in [3.05, 3.63) is 29.8 Å². The first-order valence-electron chi connectivity index (χ1n) is 5.99. The normalized spacial score (nSPS) is 12.9. The highest BCUT2D eigenvalue weighted by atomic mass is 32.2. The maximum atomic E-state index is 11.8. The SMILES string of the molecule is CC(C(=O)OCCCS(C)(=O)=O)c1cccc(N)c1. The molecule has 1 rings (SSSR count). The summed E-state index contributed by atoms with van der Waals surface area (Å²) in [5.74, 6) is -0.770. The van der Waals surface area contributed by atoms with E-state index in [1.54, 1.807) is 31.2 Å². The highest BCUT2D eigenvalue weighted by Crippen LogP contribution is 2.19. The first kappa shape index (κ1) is 15.5. The molecule has 0 bridgehead atoms. The van der Waals surface area contributed by atoms with Crippen molar-refractivity contribution in [1.29, 1.82) is 0 Å². The van der Waals surface area contributed by atoms with Gasteiger partial charge in [0, 0.05) is 11.9 Å². The van der Waals surface area contributed by atoms with Crippen LogP contribution in [0.15, 0.2) is 24.3 Å². The van der Waals surface area contributed by atoms with Gasteiger partial charge in [-0.05, 0) is 31.0 Å². The van der Waals surface area contributed by atoms with E-state index < -0.39 is 15.8 Å². The van der Waals surface area contributed by atoms with Crippen LogP contribution in [0.25, 0.3) is 0 Å². The first-order chi connectivity index (χ1) is 8.79. The minimum atomic E-state index is -3.01. The average molecular weight is 285 g/mol. The maximum Gasteiger partial charge on any atom is 0.313 e. The lowest BCUT2D eigenvalue weighted by Gasteiger charge is -2.12. The van der Waals surface area contributed by atoms with Gasteiger partial charge in [-0.2, -0.15) is 0 Å². The van der Waals surface area contributed by atoms with Gasteiger partial charge in [0.15, 0.2) is 0 Å². The smallest absolute Gasteiger partial charge is 0.313 e. The fraction of sp³-hybridized carbons (Fsp3) is 0.462. The second kappa shape index (κ2) is 6.56. The van der Waals surface area contributed by atoms with Crippen LogP contribution < -0.4 is 5.73 Å². The van der Waals surface area contributed by atoms with E-state index in [9.17, 15) is 13.2 Å². The monoisotopic (exact) mass is 285 g/mol. The van der Waals surface area contributed by atoms with Gasteiger partial charge in [-0.15, -0.1) is 0 Å². The number of rotatable bonds is 6. The highest BCUT2D eigenvalue weighted by molar-refractivity contribution is 7.90. The van der Waals surface area contributed by atoms with Gasteiger partial charge in [0.1, 0.15) is 9.84 Å². The molecule has 106 valence electrons. The Morgan fingerprint density at radius 2 is 2.11 bits per heavy atom. The zero-order valence-electron chi connectivity index (χ0n) is 11.1. The Morgan fingerprint density at radius 3 is 2.68 bits per heavy atom. The summed E-state index contributed by atoms with van der Waals surface area (Å²) in [6.07, 6.45) is 1.47. The van der Waals surface area contributed by atoms with Gasteiger partial charge >= 0.3 is 5.97 Å². The maximum absolute atomic E-state index is 11.8. The number of benzene rings is 1. The number of nitrogen functional groups attached to an aromatic ring is 1. The number of carbonyl (C=O) groups excluding carboxylic acids is 1. The first-order valence-corrected chi connectivity index (χ1v) is 8.05. The van der Waals surface area contributed by atoms with Gasteiger partial charge in [0.25, 0.3) is 0 Å². The van der Waals surface area contributed by atoms with Gasteiger partial charge in [-0.25, -0.2) is 8.42 Å². The molecule has 0 spiro atoms. The lowest BCUT2D eigenvalue weighted by molar-refractivity contribution is -0.145. The third-order valence-corrected chi connectivity index (χ3v) is 3.70. The minimum absolute atomic E-state index is 0.0208.